The number of aromatic hydroxyl groups is 1. The second kappa shape index (κ2) is 6.20. The Labute approximate surface area is 142 Å². The number of nitrogens with one attached hydrogen (secondary N) is 1. The summed E-state index contributed by atoms with van der Waals surface area (Å²) >= 11 is 1.34. The first-order valence-electron chi connectivity index (χ1n) is 7.28. The Bertz CT molecular complexity index is 878. The van der Waals surface area contributed by atoms with Crippen molar-refractivity contribution < 1.29 is 14.6 Å². The Morgan fingerprint density at radius 3 is 2.83 bits per heavy atom. The molecule has 1 aromatic carbocycles. The van der Waals surface area contributed by atoms with Gasteiger partial charge in [-0.25, -0.2) is 0 Å². The average Bonchev–Trinajstić information content (AvgIpc) is 2.57. The smallest absolute Gasteiger partial charge is 0.279 e. The highest BCUT2D eigenvalue weighted by molar-refractivity contribution is 7.98. The Kier molecular flexibility index (Phi) is 4.23. The number of nitrogens with zero attached hydrogens (tertiary/aromatic N) is 2. The number of phenols is 1. The van der Waals surface area contributed by atoms with Gasteiger partial charge in [0.1, 0.15) is 5.82 Å². The van der Waals surface area contributed by atoms with Crippen molar-refractivity contribution in [2.24, 2.45) is 7.05 Å². The molecule has 0 radical (unpaired) electrons. The molecular formula is C16H17N3O4S. The van der Waals surface area contributed by atoms with E-state index in [1.807, 2.05) is 6.26 Å². The van der Waals surface area contributed by atoms with Crippen molar-refractivity contribution in [3.8, 4) is 11.5 Å². The maximum atomic E-state index is 12.5. The molecule has 0 aliphatic carbocycles. The van der Waals surface area contributed by atoms with E-state index in [-0.39, 0.29) is 23.6 Å². The van der Waals surface area contributed by atoms with E-state index in [9.17, 15) is 14.7 Å². The van der Waals surface area contributed by atoms with Gasteiger partial charge in [-0.15, -0.1) is 0 Å². The normalized spacial score (nSPS) is 16.5. The lowest BCUT2D eigenvalue weighted by Gasteiger charge is -2.27. The number of ether oxygens (including phenoxy) is 1. The maximum Gasteiger partial charge on any atom is 0.279 e. The topological polar surface area (TPSA) is 93.5 Å². The minimum atomic E-state index is -0.439. The van der Waals surface area contributed by atoms with Gasteiger partial charge in [-0.05, 0) is 24.0 Å². The summed E-state index contributed by atoms with van der Waals surface area (Å²) < 4.78 is 6.84. The molecule has 0 saturated heterocycles. The number of anilines is 1. The van der Waals surface area contributed by atoms with E-state index >= 15 is 0 Å². The lowest BCUT2D eigenvalue weighted by Crippen LogP contribution is -2.33. The van der Waals surface area contributed by atoms with E-state index in [1.165, 1.54) is 24.9 Å². The van der Waals surface area contributed by atoms with Crippen molar-refractivity contribution in [3.05, 3.63) is 39.7 Å². The third-order valence-electron chi connectivity index (χ3n) is 4.09. The first kappa shape index (κ1) is 16.4. The first-order valence-corrected chi connectivity index (χ1v) is 8.50. The van der Waals surface area contributed by atoms with Crippen LogP contribution in [0.2, 0.25) is 0 Å². The van der Waals surface area contributed by atoms with E-state index in [0.29, 0.717) is 22.3 Å². The molecule has 0 saturated carbocycles. The number of methoxy groups -OCH3 is 1. The SMILES string of the molecule is COc1cc([C@@H]2CC(=O)Nc3c2c(=O)nc(SC)n3C)ccc1O. The van der Waals surface area contributed by atoms with Gasteiger partial charge in [0.05, 0.1) is 12.7 Å². The zero-order chi connectivity index (χ0) is 17.4. The first-order chi connectivity index (χ1) is 11.5. The summed E-state index contributed by atoms with van der Waals surface area (Å²) in [4.78, 5) is 28.8. The zero-order valence-corrected chi connectivity index (χ0v) is 14.3. The molecule has 0 unspecified atom stereocenters. The van der Waals surface area contributed by atoms with Crippen molar-refractivity contribution in [3.63, 3.8) is 0 Å². The van der Waals surface area contributed by atoms with Crippen LogP contribution >= 0.6 is 11.8 Å². The van der Waals surface area contributed by atoms with Crippen LogP contribution < -0.4 is 15.6 Å². The maximum absolute atomic E-state index is 12.5. The summed E-state index contributed by atoms with van der Waals surface area (Å²) in [6.07, 6.45) is 1.96. The minimum absolute atomic E-state index is 0.00509. The van der Waals surface area contributed by atoms with Crippen LogP contribution in [0.1, 0.15) is 23.5 Å². The molecule has 0 bridgehead atoms. The van der Waals surface area contributed by atoms with Gasteiger partial charge >= 0.3 is 0 Å². The summed E-state index contributed by atoms with van der Waals surface area (Å²) in [5, 5.41) is 13.1. The van der Waals surface area contributed by atoms with Crippen molar-refractivity contribution in [2.45, 2.75) is 17.5 Å². The summed E-state index contributed by atoms with van der Waals surface area (Å²) in [6, 6.07) is 4.83. The molecule has 1 amide bonds. The number of carbonyl (C=O) groups excluding carboxylic acids is 1. The Morgan fingerprint density at radius 2 is 2.17 bits per heavy atom. The summed E-state index contributed by atoms with van der Waals surface area (Å²) in [5.41, 5.74) is 0.809. The molecule has 0 spiro atoms. The third kappa shape index (κ3) is 2.62. The van der Waals surface area contributed by atoms with Crippen LogP contribution in [-0.4, -0.2) is 33.9 Å². The number of aromatic nitrogens is 2. The van der Waals surface area contributed by atoms with Crippen LogP contribution in [0.3, 0.4) is 0 Å². The number of hydrogen-bond acceptors (Lipinski definition) is 6. The van der Waals surface area contributed by atoms with Crippen molar-refractivity contribution >= 4 is 23.5 Å². The van der Waals surface area contributed by atoms with Gasteiger partial charge in [-0.3, -0.25) is 9.59 Å². The largest absolute Gasteiger partial charge is 0.504 e. The molecule has 1 aromatic heterocycles. The number of rotatable bonds is 3. The number of amides is 1. The number of benzene rings is 1. The van der Waals surface area contributed by atoms with Gasteiger partial charge in [0.2, 0.25) is 5.91 Å². The minimum Gasteiger partial charge on any atom is -0.504 e. The molecule has 126 valence electrons. The van der Waals surface area contributed by atoms with E-state index < -0.39 is 5.92 Å². The van der Waals surface area contributed by atoms with Crippen molar-refractivity contribution in [2.75, 3.05) is 18.7 Å². The summed E-state index contributed by atoms with van der Waals surface area (Å²) in [6.45, 7) is 0. The van der Waals surface area contributed by atoms with Gasteiger partial charge in [0.25, 0.3) is 5.56 Å². The van der Waals surface area contributed by atoms with Gasteiger partial charge in [-0.2, -0.15) is 4.98 Å². The summed E-state index contributed by atoms with van der Waals surface area (Å²) in [7, 11) is 3.21. The van der Waals surface area contributed by atoms with Crippen molar-refractivity contribution in [1.82, 2.24) is 9.55 Å². The third-order valence-corrected chi connectivity index (χ3v) is 4.82. The fourth-order valence-electron chi connectivity index (χ4n) is 2.91. The molecule has 0 fully saturated rings. The molecule has 1 aliphatic rings. The van der Waals surface area contributed by atoms with Crippen LogP contribution in [0.5, 0.6) is 11.5 Å². The van der Waals surface area contributed by atoms with Crippen LogP contribution in [0.4, 0.5) is 5.82 Å². The van der Waals surface area contributed by atoms with Crippen LogP contribution in [0.25, 0.3) is 0 Å². The highest BCUT2D eigenvalue weighted by atomic mass is 32.2. The highest BCUT2D eigenvalue weighted by Crippen LogP contribution is 2.38. The number of thioether (sulfide) groups is 1. The fourth-order valence-corrected chi connectivity index (χ4v) is 3.45. The molecule has 2 N–H and O–H groups in total. The predicted octanol–water partition coefficient (Wildman–Crippen LogP) is 1.69. The molecule has 3 rings (SSSR count). The Hall–Kier alpha value is -2.48. The van der Waals surface area contributed by atoms with E-state index in [1.54, 1.807) is 23.7 Å². The highest BCUT2D eigenvalue weighted by Gasteiger charge is 2.32. The van der Waals surface area contributed by atoms with Gasteiger partial charge in [0, 0.05) is 19.4 Å². The van der Waals surface area contributed by atoms with Gasteiger partial charge in [0.15, 0.2) is 16.7 Å². The molecule has 7 nitrogen and oxygen atoms in total. The van der Waals surface area contributed by atoms with E-state index in [0.717, 1.165) is 5.56 Å². The van der Waals surface area contributed by atoms with Crippen LogP contribution in [0, 0.1) is 0 Å². The second-order valence-electron chi connectivity index (χ2n) is 5.46. The quantitative estimate of drug-likeness (QED) is 0.648. The number of phenolic OH excluding ortho intramolecular Hbond substituents is 1. The molecule has 2 aromatic rings. The fraction of sp³-hybridized carbons (Fsp3) is 0.312. The molecule has 8 heteroatoms. The van der Waals surface area contributed by atoms with E-state index in [2.05, 4.69) is 10.3 Å². The molecular weight excluding hydrogens is 330 g/mol. The lowest BCUT2D eigenvalue weighted by atomic mass is 9.86. The Morgan fingerprint density at radius 1 is 1.42 bits per heavy atom. The average molecular weight is 347 g/mol. The van der Waals surface area contributed by atoms with E-state index in [4.69, 9.17) is 4.74 Å². The van der Waals surface area contributed by atoms with Crippen molar-refractivity contribution in [1.29, 1.82) is 0 Å². The molecule has 1 aliphatic heterocycles. The van der Waals surface area contributed by atoms with Gasteiger partial charge in [-0.1, -0.05) is 17.8 Å². The molecule has 2 heterocycles. The molecule has 1 atom stereocenters. The van der Waals surface area contributed by atoms with Crippen LogP contribution in [0.15, 0.2) is 28.2 Å². The zero-order valence-electron chi connectivity index (χ0n) is 13.5. The lowest BCUT2D eigenvalue weighted by molar-refractivity contribution is -0.116. The Balaban J connectivity index is 2.21. The standard InChI is InChI=1S/C16H17N3O4S/c1-19-14-13(15(22)18-16(19)24-3)9(7-12(21)17-14)8-4-5-10(20)11(6-8)23-2/h4-6,9,20H,7H2,1-3H3,(H,17,21)/t9-/m0/s1. The number of carbonyl (C=O) groups is 1. The van der Waals surface area contributed by atoms with Gasteiger partial charge < -0.3 is 19.7 Å². The number of hydrogen-bond donors (Lipinski definition) is 2. The summed E-state index contributed by atoms with van der Waals surface area (Å²) in [5.74, 6) is 0.154. The number of fused-ring (bicyclic) bond motifs is 1. The second-order valence-corrected chi connectivity index (χ2v) is 6.23. The van der Waals surface area contributed by atoms with Crippen LogP contribution in [-0.2, 0) is 11.8 Å². The monoisotopic (exact) mass is 347 g/mol. The predicted molar refractivity (Wildman–Crippen MR) is 91.0 cm³/mol. The molecule has 24 heavy (non-hydrogen) atoms.